The molecule has 1 aliphatic rings. The molecule has 1 unspecified atom stereocenters. The summed E-state index contributed by atoms with van der Waals surface area (Å²) in [7, 11) is 1.96. The van der Waals surface area contributed by atoms with Gasteiger partial charge in [0.05, 0.1) is 17.8 Å². The standard InChI is InChI=1S/C17H24ClFN2O3.C8H6F3NO2/c1-12(21(2)7-8-22)10-17(5-6-17)20-16(23)11-24-13-3-4-14(18)15(19)9-13;9-8(10,11)7-2-1-6(5-12-7)14-4-3-13/h3-4,9,12,22H,5-8,10-11H2,1-2H3,(H,20,23);1-3,5H,4H2. The molecule has 1 aliphatic carbocycles. The van der Waals surface area contributed by atoms with Crippen LogP contribution in [-0.2, 0) is 15.8 Å². The summed E-state index contributed by atoms with van der Waals surface area (Å²) in [5, 5.41) is 12.0. The Hall–Kier alpha value is -2.96. The highest BCUT2D eigenvalue weighted by molar-refractivity contribution is 6.30. The maximum atomic E-state index is 13.3. The molecule has 1 saturated carbocycles. The van der Waals surface area contributed by atoms with Gasteiger partial charge in [0.15, 0.2) is 12.9 Å². The van der Waals surface area contributed by atoms with Crippen molar-refractivity contribution in [3.8, 4) is 11.5 Å². The summed E-state index contributed by atoms with van der Waals surface area (Å²) >= 11 is 5.61. The van der Waals surface area contributed by atoms with Crippen molar-refractivity contribution in [3.63, 3.8) is 0 Å². The van der Waals surface area contributed by atoms with Crippen molar-refractivity contribution in [2.75, 3.05) is 33.4 Å². The van der Waals surface area contributed by atoms with Gasteiger partial charge in [-0.05, 0) is 57.5 Å². The number of pyridine rings is 1. The molecule has 1 atom stereocenters. The molecule has 1 aromatic heterocycles. The number of halogens is 5. The minimum Gasteiger partial charge on any atom is -0.485 e. The highest BCUT2D eigenvalue weighted by Crippen LogP contribution is 2.40. The van der Waals surface area contributed by atoms with Crippen LogP contribution >= 0.6 is 11.6 Å². The number of alkyl halides is 3. The van der Waals surface area contributed by atoms with Gasteiger partial charge in [0.25, 0.3) is 5.91 Å². The van der Waals surface area contributed by atoms with Crippen LogP contribution in [0.5, 0.6) is 11.5 Å². The van der Waals surface area contributed by atoms with Crippen molar-refractivity contribution in [3.05, 3.63) is 53.1 Å². The summed E-state index contributed by atoms with van der Waals surface area (Å²) in [5.41, 5.74) is -1.18. The van der Waals surface area contributed by atoms with Gasteiger partial charge in [-0.2, -0.15) is 13.2 Å². The zero-order valence-electron chi connectivity index (χ0n) is 20.9. The normalized spacial score (nSPS) is 14.7. The first-order chi connectivity index (χ1) is 17.9. The fourth-order valence-electron chi connectivity index (χ4n) is 3.44. The molecule has 0 bridgehead atoms. The second-order valence-corrected chi connectivity index (χ2v) is 9.21. The molecule has 210 valence electrons. The average Bonchev–Trinajstić information content (AvgIpc) is 3.62. The maximum Gasteiger partial charge on any atom is 0.433 e. The van der Waals surface area contributed by atoms with Crippen molar-refractivity contribution in [1.82, 2.24) is 15.2 Å². The number of ether oxygens (including phenoxy) is 2. The molecule has 2 N–H and O–H groups in total. The Balaban J connectivity index is 0.000000308. The third-order valence-electron chi connectivity index (χ3n) is 5.76. The number of rotatable bonds is 12. The van der Waals surface area contributed by atoms with E-state index < -0.39 is 17.7 Å². The first-order valence-corrected chi connectivity index (χ1v) is 12.1. The van der Waals surface area contributed by atoms with Gasteiger partial charge in [-0.25, -0.2) is 9.37 Å². The Kier molecular flexibility index (Phi) is 11.7. The molecular weight excluding hydrogens is 534 g/mol. The fourth-order valence-corrected chi connectivity index (χ4v) is 3.56. The highest BCUT2D eigenvalue weighted by Gasteiger charge is 2.45. The number of carbonyl (C=O) groups is 2. The van der Waals surface area contributed by atoms with E-state index in [0.717, 1.165) is 43.7 Å². The smallest absolute Gasteiger partial charge is 0.433 e. The van der Waals surface area contributed by atoms with Gasteiger partial charge < -0.3 is 24.8 Å². The molecule has 3 rings (SSSR count). The molecule has 2 aromatic rings. The second-order valence-electron chi connectivity index (χ2n) is 8.81. The molecular formula is C25H30ClF4N3O5. The predicted octanol–water partition coefficient (Wildman–Crippen LogP) is 3.89. The predicted molar refractivity (Wildman–Crippen MR) is 132 cm³/mol. The van der Waals surface area contributed by atoms with Gasteiger partial charge >= 0.3 is 6.18 Å². The zero-order valence-corrected chi connectivity index (χ0v) is 21.7. The third kappa shape index (κ3) is 10.4. The van der Waals surface area contributed by atoms with E-state index in [-0.39, 0.29) is 53.8 Å². The molecule has 13 heteroatoms. The topological polar surface area (TPSA) is 101 Å². The Labute approximate surface area is 222 Å². The number of aliphatic hydroxyl groups excluding tert-OH is 1. The summed E-state index contributed by atoms with van der Waals surface area (Å²) in [6, 6.07) is 6.24. The Morgan fingerprint density at radius 3 is 2.47 bits per heavy atom. The second kappa shape index (κ2) is 14.3. The van der Waals surface area contributed by atoms with Crippen LogP contribution in [0.2, 0.25) is 5.02 Å². The van der Waals surface area contributed by atoms with Crippen LogP contribution in [0.4, 0.5) is 17.6 Å². The lowest BCUT2D eigenvalue weighted by molar-refractivity contribution is -0.141. The monoisotopic (exact) mass is 563 g/mol. The first kappa shape index (κ1) is 31.3. The number of aliphatic hydroxyl groups is 1. The Morgan fingerprint density at radius 2 is 1.95 bits per heavy atom. The van der Waals surface area contributed by atoms with Gasteiger partial charge in [-0.3, -0.25) is 9.59 Å². The van der Waals surface area contributed by atoms with Crippen LogP contribution < -0.4 is 14.8 Å². The van der Waals surface area contributed by atoms with Gasteiger partial charge in [-0.1, -0.05) is 11.6 Å². The molecule has 0 saturated heterocycles. The number of amides is 1. The number of nitrogens with one attached hydrogen (secondary N) is 1. The zero-order chi connectivity index (χ0) is 28.3. The summed E-state index contributed by atoms with van der Waals surface area (Å²) in [6.07, 6.45) is -0.338. The van der Waals surface area contributed by atoms with Crippen LogP contribution in [0.3, 0.4) is 0 Å². The van der Waals surface area contributed by atoms with Crippen LogP contribution in [0, 0.1) is 5.82 Å². The van der Waals surface area contributed by atoms with Crippen molar-refractivity contribution in [2.24, 2.45) is 0 Å². The number of aromatic nitrogens is 1. The van der Waals surface area contributed by atoms with Crippen molar-refractivity contribution in [2.45, 2.75) is 43.9 Å². The number of hydrogen-bond donors (Lipinski definition) is 2. The van der Waals surface area contributed by atoms with Crippen LogP contribution in [0.1, 0.15) is 31.9 Å². The van der Waals surface area contributed by atoms with Gasteiger partial charge in [0.1, 0.15) is 29.6 Å². The lowest BCUT2D eigenvalue weighted by Gasteiger charge is -2.28. The van der Waals surface area contributed by atoms with E-state index in [1.54, 1.807) is 0 Å². The highest BCUT2D eigenvalue weighted by atomic mass is 35.5. The number of hydrogen-bond acceptors (Lipinski definition) is 7. The lowest BCUT2D eigenvalue weighted by Crippen LogP contribution is -2.44. The van der Waals surface area contributed by atoms with Crippen molar-refractivity contribution < 1.29 is 41.7 Å². The molecule has 1 aromatic carbocycles. The molecule has 8 nitrogen and oxygen atoms in total. The molecule has 0 spiro atoms. The first-order valence-electron chi connectivity index (χ1n) is 11.7. The molecule has 1 fully saturated rings. The quantitative estimate of drug-likeness (QED) is 0.298. The number of likely N-dealkylation sites (N-methyl/N-ethyl adjacent to an activating group) is 1. The van der Waals surface area contributed by atoms with E-state index in [2.05, 4.69) is 22.1 Å². The van der Waals surface area contributed by atoms with Gasteiger partial charge in [0.2, 0.25) is 0 Å². The van der Waals surface area contributed by atoms with Gasteiger partial charge in [-0.15, -0.1) is 0 Å². The maximum absolute atomic E-state index is 13.3. The van der Waals surface area contributed by atoms with E-state index in [0.29, 0.717) is 12.8 Å². The molecule has 38 heavy (non-hydrogen) atoms. The molecule has 1 amide bonds. The summed E-state index contributed by atoms with van der Waals surface area (Å²) < 4.78 is 59.4. The van der Waals surface area contributed by atoms with Crippen LogP contribution in [0.25, 0.3) is 0 Å². The number of aldehydes is 1. The fraction of sp³-hybridized carbons (Fsp3) is 0.480. The number of carbonyl (C=O) groups excluding carboxylic acids is 2. The molecule has 0 radical (unpaired) electrons. The van der Waals surface area contributed by atoms with Gasteiger partial charge in [0, 0.05) is 24.2 Å². The summed E-state index contributed by atoms with van der Waals surface area (Å²) in [6.45, 7) is 2.44. The van der Waals surface area contributed by atoms with Crippen LogP contribution in [-0.4, -0.2) is 72.2 Å². The Morgan fingerprint density at radius 1 is 1.26 bits per heavy atom. The van der Waals surface area contributed by atoms with Crippen LogP contribution in [0.15, 0.2) is 36.5 Å². The largest absolute Gasteiger partial charge is 0.485 e. The van der Waals surface area contributed by atoms with E-state index >= 15 is 0 Å². The minimum absolute atomic E-state index is 0.0183. The van der Waals surface area contributed by atoms with E-state index in [9.17, 15) is 27.2 Å². The Bertz CT molecular complexity index is 1050. The lowest BCUT2D eigenvalue weighted by atomic mass is 10.1. The van der Waals surface area contributed by atoms with E-state index in [1.165, 1.54) is 12.1 Å². The summed E-state index contributed by atoms with van der Waals surface area (Å²) in [4.78, 5) is 27.2. The SMILES string of the molecule is CC(CC1(NC(=O)COc2ccc(Cl)c(F)c2)CC1)N(C)CCO.O=CCOc1ccc(C(F)(F)F)nc1. The number of benzene rings is 1. The third-order valence-corrected chi connectivity index (χ3v) is 6.06. The minimum atomic E-state index is -4.46. The summed E-state index contributed by atoms with van der Waals surface area (Å²) in [5.74, 6) is -0.396. The van der Waals surface area contributed by atoms with E-state index in [4.69, 9.17) is 26.2 Å². The molecule has 1 heterocycles. The van der Waals surface area contributed by atoms with Crippen molar-refractivity contribution in [1.29, 1.82) is 0 Å². The number of nitrogens with zero attached hydrogens (tertiary/aromatic N) is 2. The van der Waals surface area contributed by atoms with E-state index in [1.807, 2.05) is 7.05 Å². The van der Waals surface area contributed by atoms with Crippen molar-refractivity contribution >= 4 is 23.8 Å². The molecule has 0 aliphatic heterocycles. The average molecular weight is 564 g/mol.